The van der Waals surface area contributed by atoms with Crippen molar-refractivity contribution < 1.29 is 29.8 Å². The van der Waals surface area contributed by atoms with Crippen LogP contribution in [-0.4, -0.2) is 33.6 Å². The molecule has 15 heavy (non-hydrogen) atoms. The Morgan fingerprint density at radius 2 is 0.867 bits per heavy atom. The smallest absolute Gasteiger partial charge is 0.294 e. The predicted octanol–water partition coefficient (Wildman–Crippen LogP) is -1.27. The van der Waals surface area contributed by atoms with Gasteiger partial charge in [-0.2, -0.15) is 0 Å². The highest BCUT2D eigenvalue weighted by atomic mass is 17.0. The fourth-order valence-electron chi connectivity index (χ4n) is 0.890. The van der Waals surface area contributed by atoms with Crippen molar-refractivity contribution in [2.75, 3.05) is 0 Å². The lowest BCUT2D eigenvalue weighted by atomic mass is 10.8. The van der Waals surface area contributed by atoms with Crippen LogP contribution in [0.2, 0.25) is 0 Å². The van der Waals surface area contributed by atoms with Crippen LogP contribution in [0.5, 0.6) is 0 Å². The van der Waals surface area contributed by atoms with Crippen LogP contribution < -0.4 is 0 Å². The summed E-state index contributed by atoms with van der Waals surface area (Å²) in [6.45, 7) is 0. The molecule has 0 aromatic heterocycles. The molecule has 0 spiro atoms. The zero-order valence-electron chi connectivity index (χ0n) is 6.75. The van der Waals surface area contributed by atoms with E-state index >= 15 is 0 Å². The summed E-state index contributed by atoms with van der Waals surface area (Å²) in [5.41, 5.74) is 0. The number of rotatable bonds is 6. The Kier molecular flexibility index (Phi) is 2.68. The molecule has 0 aromatic rings. The van der Waals surface area contributed by atoms with E-state index in [1.165, 1.54) is 0 Å². The Hall–Kier alpha value is -2.40. The third kappa shape index (κ3) is 2.78. The molecule has 0 heterocycles. The summed E-state index contributed by atoms with van der Waals surface area (Å²) in [5, 5.41) is 25.8. The summed E-state index contributed by atoms with van der Waals surface area (Å²) in [6, 6.07) is 0. The third-order valence-corrected chi connectivity index (χ3v) is 1.45. The van der Waals surface area contributed by atoms with Crippen molar-refractivity contribution in [3.8, 4) is 0 Å². The molecule has 1 aliphatic carbocycles. The van der Waals surface area contributed by atoms with Crippen molar-refractivity contribution in [3.05, 3.63) is 30.3 Å². The Morgan fingerprint density at radius 3 is 1.00 bits per heavy atom. The van der Waals surface area contributed by atoms with Gasteiger partial charge in [-0.3, -0.25) is 0 Å². The van der Waals surface area contributed by atoms with Gasteiger partial charge in [-0.05, 0) is 0 Å². The lowest BCUT2D eigenvalue weighted by Crippen LogP contribution is -2.11. The topological polar surface area (TPSA) is 157 Å². The largest absolute Gasteiger partial charge is 0.306 e. The van der Waals surface area contributed by atoms with Crippen LogP contribution in [0.15, 0.2) is 0 Å². The highest BCUT2D eigenvalue weighted by molar-refractivity contribution is 5.01. The molecule has 0 unspecified atom stereocenters. The van der Waals surface area contributed by atoms with E-state index in [1.54, 1.807) is 0 Å². The minimum Gasteiger partial charge on any atom is -0.306 e. The normalized spacial score (nSPS) is 27.6. The van der Waals surface area contributed by atoms with Crippen LogP contribution in [0.25, 0.3) is 0 Å². The second-order valence-corrected chi connectivity index (χ2v) is 2.38. The molecule has 12 heteroatoms. The van der Waals surface area contributed by atoms with E-state index in [-0.39, 0.29) is 0 Å². The molecular formula is C3H3N3O9. The molecule has 0 aromatic carbocycles. The molecule has 1 fully saturated rings. The minimum atomic E-state index is -1.46. The monoisotopic (exact) mass is 225 g/mol. The van der Waals surface area contributed by atoms with Gasteiger partial charge in [-0.15, -0.1) is 30.3 Å². The maximum absolute atomic E-state index is 9.84. The second kappa shape index (κ2) is 3.77. The molecule has 0 bridgehead atoms. The summed E-state index contributed by atoms with van der Waals surface area (Å²) in [5.74, 6) is 0. The zero-order valence-corrected chi connectivity index (χ0v) is 6.75. The molecule has 1 rings (SSSR count). The maximum atomic E-state index is 9.84. The van der Waals surface area contributed by atoms with Gasteiger partial charge < -0.3 is 14.5 Å². The quantitative estimate of drug-likeness (QED) is 0.396. The SMILES string of the molecule is O=[N+]([O-])OC1C(O[N+](=O)[O-])C1O[N+](=O)[O-]. The standard InChI is InChI=1S/C3H3N3O9/c7-4(8)13-1-2(14-5(9)10)3(1)15-6(11)12/h1-3H. The van der Waals surface area contributed by atoms with E-state index in [0.717, 1.165) is 0 Å². The van der Waals surface area contributed by atoms with Gasteiger partial charge in [0.1, 0.15) is 0 Å². The van der Waals surface area contributed by atoms with Crippen LogP contribution in [0.3, 0.4) is 0 Å². The maximum Gasteiger partial charge on any atom is 0.294 e. The van der Waals surface area contributed by atoms with Crippen LogP contribution in [0.4, 0.5) is 0 Å². The third-order valence-electron chi connectivity index (χ3n) is 1.45. The molecule has 84 valence electrons. The molecule has 0 aliphatic heterocycles. The van der Waals surface area contributed by atoms with E-state index in [1.807, 2.05) is 0 Å². The van der Waals surface area contributed by atoms with Crippen molar-refractivity contribution >= 4 is 0 Å². The Morgan fingerprint density at radius 1 is 0.667 bits per heavy atom. The van der Waals surface area contributed by atoms with Crippen LogP contribution >= 0.6 is 0 Å². The van der Waals surface area contributed by atoms with Crippen molar-refractivity contribution in [3.63, 3.8) is 0 Å². The lowest BCUT2D eigenvalue weighted by molar-refractivity contribution is -0.781. The predicted molar refractivity (Wildman–Crippen MR) is 35.6 cm³/mol. The van der Waals surface area contributed by atoms with E-state index in [9.17, 15) is 30.3 Å². The van der Waals surface area contributed by atoms with E-state index in [0.29, 0.717) is 0 Å². The van der Waals surface area contributed by atoms with Gasteiger partial charge in [0.2, 0.25) is 0 Å². The number of nitrogens with zero attached hydrogens (tertiary/aromatic N) is 3. The van der Waals surface area contributed by atoms with Gasteiger partial charge in [0.15, 0.2) is 18.3 Å². The second-order valence-electron chi connectivity index (χ2n) is 2.38. The number of hydrogen-bond donors (Lipinski definition) is 0. The molecule has 1 saturated carbocycles. The summed E-state index contributed by atoms with van der Waals surface area (Å²) >= 11 is 0. The molecule has 0 radical (unpaired) electrons. The first-order valence-electron chi connectivity index (χ1n) is 3.35. The van der Waals surface area contributed by atoms with Crippen molar-refractivity contribution in [2.24, 2.45) is 0 Å². The van der Waals surface area contributed by atoms with Crippen LogP contribution in [0.1, 0.15) is 0 Å². The van der Waals surface area contributed by atoms with Crippen molar-refractivity contribution in [2.45, 2.75) is 18.3 Å². The molecule has 12 nitrogen and oxygen atoms in total. The summed E-state index contributed by atoms with van der Waals surface area (Å²) in [7, 11) is 0. The molecular weight excluding hydrogens is 222 g/mol. The summed E-state index contributed by atoms with van der Waals surface area (Å²) in [4.78, 5) is 41.1. The van der Waals surface area contributed by atoms with Crippen LogP contribution in [-0.2, 0) is 14.5 Å². The number of hydrogen-bond acceptors (Lipinski definition) is 9. The molecule has 0 N–H and O–H groups in total. The van der Waals surface area contributed by atoms with Gasteiger partial charge in [0.25, 0.3) is 15.3 Å². The minimum absolute atomic E-state index is 1.25. The fourth-order valence-corrected chi connectivity index (χ4v) is 0.890. The zero-order chi connectivity index (χ0) is 11.6. The van der Waals surface area contributed by atoms with Gasteiger partial charge >= 0.3 is 0 Å². The van der Waals surface area contributed by atoms with Gasteiger partial charge in [-0.1, -0.05) is 0 Å². The Labute approximate surface area is 79.6 Å². The van der Waals surface area contributed by atoms with Gasteiger partial charge in [0.05, 0.1) is 0 Å². The molecule has 0 atom stereocenters. The molecule has 0 saturated heterocycles. The van der Waals surface area contributed by atoms with Crippen molar-refractivity contribution in [1.29, 1.82) is 0 Å². The fraction of sp³-hybridized carbons (Fsp3) is 1.00. The van der Waals surface area contributed by atoms with Crippen LogP contribution in [0, 0.1) is 30.3 Å². The summed E-state index contributed by atoms with van der Waals surface area (Å²) in [6.07, 6.45) is -4.39. The first kappa shape index (κ1) is 10.7. The average Bonchev–Trinajstić information content (AvgIpc) is 2.60. The Balaban J connectivity index is 2.50. The Bertz CT molecular complexity index is 249. The molecule has 0 amide bonds. The van der Waals surface area contributed by atoms with Gasteiger partial charge in [-0.25, -0.2) is 0 Å². The van der Waals surface area contributed by atoms with Crippen molar-refractivity contribution in [1.82, 2.24) is 0 Å². The van der Waals surface area contributed by atoms with E-state index < -0.39 is 33.6 Å². The highest BCUT2D eigenvalue weighted by Crippen LogP contribution is 2.33. The van der Waals surface area contributed by atoms with Gasteiger partial charge in [0, 0.05) is 0 Å². The first-order chi connectivity index (χ1) is 6.91. The average molecular weight is 225 g/mol. The van der Waals surface area contributed by atoms with E-state index in [2.05, 4.69) is 14.5 Å². The van der Waals surface area contributed by atoms with E-state index in [4.69, 9.17) is 0 Å². The first-order valence-corrected chi connectivity index (χ1v) is 3.35. The lowest BCUT2D eigenvalue weighted by Gasteiger charge is -1.93. The molecule has 1 aliphatic rings. The highest BCUT2D eigenvalue weighted by Gasteiger charge is 2.60. The summed E-state index contributed by atoms with van der Waals surface area (Å²) < 4.78 is 0.